The lowest BCUT2D eigenvalue weighted by Crippen LogP contribution is -1.94. The number of nitrogens with zero attached hydrogens (tertiary/aromatic N) is 2. The van der Waals surface area contributed by atoms with Crippen molar-refractivity contribution in [3.05, 3.63) is 28.4 Å². The predicted octanol–water partition coefficient (Wildman–Crippen LogP) is 2.28. The molecule has 0 bridgehead atoms. The first-order valence-corrected chi connectivity index (χ1v) is 4.64. The van der Waals surface area contributed by atoms with Crippen LogP contribution in [0.25, 0.3) is 10.9 Å². The van der Waals surface area contributed by atoms with Crippen molar-refractivity contribution in [3.63, 3.8) is 0 Å². The number of halogens is 1. The summed E-state index contributed by atoms with van der Waals surface area (Å²) in [4.78, 5) is 8.05. The van der Waals surface area contributed by atoms with Gasteiger partial charge in [-0.1, -0.05) is 15.9 Å². The quantitative estimate of drug-likeness (QED) is 0.765. The molecule has 0 aliphatic carbocycles. The number of hydrogen-bond acceptors (Lipinski definition) is 3. The first-order valence-electron chi connectivity index (χ1n) is 3.85. The molecule has 0 saturated carbocycles. The highest BCUT2D eigenvalue weighted by atomic mass is 79.9. The first-order chi connectivity index (χ1) is 6.16. The standard InChI is InChI=1S/C9H8BrN3/c1-5-2-8-6(3-7(5)10)4-12-9(11)13-8/h2-4H,1H3,(H2,11,12,13). The second-order valence-electron chi connectivity index (χ2n) is 2.89. The summed E-state index contributed by atoms with van der Waals surface area (Å²) in [5.41, 5.74) is 7.50. The Morgan fingerprint density at radius 1 is 1.38 bits per heavy atom. The minimum Gasteiger partial charge on any atom is -0.368 e. The Kier molecular flexibility index (Phi) is 1.92. The highest BCUT2D eigenvalue weighted by Crippen LogP contribution is 2.22. The van der Waals surface area contributed by atoms with Gasteiger partial charge in [-0.2, -0.15) is 0 Å². The highest BCUT2D eigenvalue weighted by Gasteiger charge is 2.00. The Hall–Kier alpha value is -1.16. The summed E-state index contributed by atoms with van der Waals surface area (Å²) in [7, 11) is 0. The van der Waals surface area contributed by atoms with Gasteiger partial charge in [0.2, 0.25) is 5.95 Å². The van der Waals surface area contributed by atoms with E-state index < -0.39 is 0 Å². The summed E-state index contributed by atoms with van der Waals surface area (Å²) in [6.07, 6.45) is 1.72. The Labute approximate surface area is 84.1 Å². The fourth-order valence-corrected chi connectivity index (χ4v) is 1.53. The van der Waals surface area contributed by atoms with E-state index in [4.69, 9.17) is 5.73 Å². The maximum absolute atomic E-state index is 5.48. The molecular weight excluding hydrogens is 230 g/mol. The summed E-state index contributed by atoms with van der Waals surface area (Å²) < 4.78 is 1.06. The third-order valence-electron chi connectivity index (χ3n) is 1.88. The molecule has 0 atom stereocenters. The zero-order valence-electron chi connectivity index (χ0n) is 7.08. The Balaban J connectivity index is 2.81. The van der Waals surface area contributed by atoms with Gasteiger partial charge in [0.1, 0.15) is 0 Å². The third-order valence-corrected chi connectivity index (χ3v) is 2.73. The molecule has 2 rings (SSSR count). The van der Waals surface area contributed by atoms with Crippen LogP contribution in [0.1, 0.15) is 5.56 Å². The van der Waals surface area contributed by atoms with Gasteiger partial charge in [0, 0.05) is 16.1 Å². The molecule has 4 heteroatoms. The molecule has 0 amide bonds. The van der Waals surface area contributed by atoms with Crippen LogP contribution in [0.15, 0.2) is 22.8 Å². The van der Waals surface area contributed by atoms with Crippen molar-refractivity contribution < 1.29 is 0 Å². The van der Waals surface area contributed by atoms with Crippen molar-refractivity contribution in [2.75, 3.05) is 5.73 Å². The summed E-state index contributed by atoms with van der Waals surface area (Å²) >= 11 is 3.45. The van der Waals surface area contributed by atoms with Crippen LogP contribution < -0.4 is 5.73 Å². The van der Waals surface area contributed by atoms with E-state index in [0.717, 1.165) is 20.9 Å². The highest BCUT2D eigenvalue weighted by molar-refractivity contribution is 9.10. The monoisotopic (exact) mass is 237 g/mol. The van der Waals surface area contributed by atoms with E-state index in [1.807, 2.05) is 19.1 Å². The molecule has 0 aliphatic rings. The van der Waals surface area contributed by atoms with Crippen LogP contribution in [0.5, 0.6) is 0 Å². The van der Waals surface area contributed by atoms with Crippen LogP contribution in [-0.4, -0.2) is 9.97 Å². The molecule has 0 spiro atoms. The summed E-state index contributed by atoms with van der Waals surface area (Å²) in [6, 6.07) is 3.97. The molecule has 1 heterocycles. The lowest BCUT2D eigenvalue weighted by atomic mass is 10.2. The number of nitrogens with two attached hydrogens (primary N) is 1. The SMILES string of the molecule is Cc1cc2nc(N)ncc2cc1Br. The van der Waals surface area contributed by atoms with E-state index in [1.165, 1.54) is 0 Å². The van der Waals surface area contributed by atoms with Gasteiger partial charge in [-0.05, 0) is 24.6 Å². The molecule has 0 saturated heterocycles. The molecule has 2 N–H and O–H groups in total. The molecule has 0 aliphatic heterocycles. The van der Waals surface area contributed by atoms with Crippen LogP contribution in [0.3, 0.4) is 0 Å². The van der Waals surface area contributed by atoms with Crippen molar-refractivity contribution in [2.24, 2.45) is 0 Å². The molecular formula is C9H8BrN3. The molecule has 66 valence electrons. The third kappa shape index (κ3) is 1.49. The number of fused-ring (bicyclic) bond motifs is 1. The molecule has 1 aromatic heterocycles. The van der Waals surface area contributed by atoms with Crippen molar-refractivity contribution in [1.82, 2.24) is 9.97 Å². The molecule has 13 heavy (non-hydrogen) atoms. The van der Waals surface area contributed by atoms with E-state index in [2.05, 4.69) is 25.9 Å². The lowest BCUT2D eigenvalue weighted by molar-refractivity contribution is 1.23. The van der Waals surface area contributed by atoms with Crippen molar-refractivity contribution >= 4 is 32.8 Å². The minimum atomic E-state index is 0.314. The molecule has 0 unspecified atom stereocenters. The second kappa shape index (κ2) is 2.96. The molecule has 2 aromatic rings. The summed E-state index contributed by atoms with van der Waals surface area (Å²) in [6.45, 7) is 2.02. The number of aryl methyl sites for hydroxylation is 1. The van der Waals surface area contributed by atoms with Crippen molar-refractivity contribution in [3.8, 4) is 0 Å². The van der Waals surface area contributed by atoms with E-state index in [0.29, 0.717) is 5.95 Å². The van der Waals surface area contributed by atoms with Gasteiger partial charge in [-0.15, -0.1) is 0 Å². The zero-order valence-corrected chi connectivity index (χ0v) is 8.67. The van der Waals surface area contributed by atoms with Crippen LogP contribution >= 0.6 is 15.9 Å². The van der Waals surface area contributed by atoms with Gasteiger partial charge in [-0.3, -0.25) is 0 Å². The minimum absolute atomic E-state index is 0.314. The average molecular weight is 238 g/mol. The summed E-state index contributed by atoms with van der Waals surface area (Å²) in [5.74, 6) is 0.314. The lowest BCUT2D eigenvalue weighted by Gasteiger charge is -2.01. The average Bonchev–Trinajstić information content (AvgIpc) is 2.08. The molecule has 1 aromatic carbocycles. The van der Waals surface area contributed by atoms with Crippen LogP contribution in [0.4, 0.5) is 5.95 Å². The van der Waals surface area contributed by atoms with Crippen molar-refractivity contribution in [1.29, 1.82) is 0 Å². The van der Waals surface area contributed by atoms with E-state index >= 15 is 0 Å². The van der Waals surface area contributed by atoms with Gasteiger partial charge in [0.25, 0.3) is 0 Å². The van der Waals surface area contributed by atoms with Gasteiger partial charge in [0.05, 0.1) is 5.52 Å². The molecule has 0 fully saturated rings. The second-order valence-corrected chi connectivity index (χ2v) is 3.74. The Morgan fingerprint density at radius 3 is 2.92 bits per heavy atom. The Morgan fingerprint density at radius 2 is 2.15 bits per heavy atom. The van der Waals surface area contributed by atoms with E-state index in [1.54, 1.807) is 6.20 Å². The van der Waals surface area contributed by atoms with Crippen LogP contribution in [0, 0.1) is 6.92 Å². The fraction of sp³-hybridized carbons (Fsp3) is 0.111. The number of nitrogen functional groups attached to an aromatic ring is 1. The topological polar surface area (TPSA) is 51.8 Å². The van der Waals surface area contributed by atoms with Gasteiger partial charge in [0.15, 0.2) is 0 Å². The molecule has 3 nitrogen and oxygen atoms in total. The van der Waals surface area contributed by atoms with Gasteiger partial charge in [-0.25, -0.2) is 9.97 Å². The summed E-state index contributed by atoms with van der Waals surface area (Å²) in [5, 5.41) is 0.992. The smallest absolute Gasteiger partial charge is 0.220 e. The van der Waals surface area contributed by atoms with E-state index in [9.17, 15) is 0 Å². The van der Waals surface area contributed by atoms with Crippen molar-refractivity contribution in [2.45, 2.75) is 6.92 Å². The maximum atomic E-state index is 5.48. The number of rotatable bonds is 0. The number of anilines is 1. The first kappa shape index (κ1) is 8.44. The maximum Gasteiger partial charge on any atom is 0.220 e. The van der Waals surface area contributed by atoms with Gasteiger partial charge < -0.3 is 5.73 Å². The largest absolute Gasteiger partial charge is 0.368 e. The normalized spacial score (nSPS) is 10.6. The number of hydrogen-bond donors (Lipinski definition) is 1. The molecule has 0 radical (unpaired) electrons. The number of aromatic nitrogens is 2. The van der Waals surface area contributed by atoms with Crippen LogP contribution in [-0.2, 0) is 0 Å². The van der Waals surface area contributed by atoms with Gasteiger partial charge >= 0.3 is 0 Å². The van der Waals surface area contributed by atoms with Crippen LogP contribution in [0.2, 0.25) is 0 Å². The zero-order chi connectivity index (χ0) is 9.42. The Bertz CT molecular complexity index is 468. The van der Waals surface area contributed by atoms with E-state index in [-0.39, 0.29) is 0 Å². The fourth-order valence-electron chi connectivity index (χ4n) is 1.17. The number of benzene rings is 1. The predicted molar refractivity (Wildman–Crippen MR) is 56.4 cm³/mol.